The van der Waals surface area contributed by atoms with E-state index in [2.05, 4.69) is 21.9 Å². The van der Waals surface area contributed by atoms with Crippen molar-refractivity contribution in [1.29, 1.82) is 0 Å². The van der Waals surface area contributed by atoms with Gasteiger partial charge in [0, 0.05) is 24.8 Å². The normalized spacial score (nSPS) is 23.4. The molecule has 0 aromatic heterocycles. The van der Waals surface area contributed by atoms with Crippen molar-refractivity contribution >= 4 is 38.9 Å². The Kier molecular flexibility index (Phi) is 7.23. The molecule has 8 heteroatoms. The van der Waals surface area contributed by atoms with Crippen LogP contribution < -0.4 is 14.9 Å². The molecule has 2 aliphatic rings. The fourth-order valence-corrected chi connectivity index (χ4v) is 5.56. The summed E-state index contributed by atoms with van der Waals surface area (Å²) in [6.07, 6.45) is 7.23. The van der Waals surface area contributed by atoms with Crippen molar-refractivity contribution in [2.24, 2.45) is 5.92 Å². The fourth-order valence-electron chi connectivity index (χ4n) is 4.02. The Balaban J connectivity index is 1.54. The Labute approximate surface area is 173 Å². The number of nitrogens with one attached hydrogen (secondary N) is 2. The Morgan fingerprint density at radius 3 is 2.46 bits per heavy atom. The Morgan fingerprint density at radius 2 is 1.82 bits per heavy atom. The van der Waals surface area contributed by atoms with Gasteiger partial charge in [0.15, 0.2) is 0 Å². The van der Waals surface area contributed by atoms with Crippen molar-refractivity contribution in [2.45, 2.75) is 57.9 Å². The van der Waals surface area contributed by atoms with Crippen LogP contribution in [0.3, 0.4) is 0 Å². The molecule has 1 amide bonds. The lowest BCUT2D eigenvalue weighted by Crippen LogP contribution is -2.41. The standard InChI is InChI=1S/C20H30ClN3O3S/c1-15-5-7-16(8-6-15)23-28(26,27)14-20(25)22-17-9-10-19(18(21)13-17)24-11-3-2-4-12-24/h9-10,13,15-16,23H,2-8,11-12,14H2,1H3,(H,22,25). The van der Waals surface area contributed by atoms with Crippen LogP contribution >= 0.6 is 11.6 Å². The second kappa shape index (κ2) is 9.46. The molecular formula is C20H30ClN3O3S. The van der Waals surface area contributed by atoms with Crippen molar-refractivity contribution in [3.05, 3.63) is 23.2 Å². The lowest BCUT2D eigenvalue weighted by molar-refractivity contribution is -0.113. The van der Waals surface area contributed by atoms with Crippen LogP contribution in [0, 0.1) is 5.92 Å². The second-order valence-electron chi connectivity index (χ2n) is 8.10. The quantitative estimate of drug-likeness (QED) is 0.724. The molecule has 0 bridgehead atoms. The van der Waals surface area contributed by atoms with E-state index in [1.165, 1.54) is 6.42 Å². The van der Waals surface area contributed by atoms with E-state index in [4.69, 9.17) is 11.6 Å². The third-order valence-corrected chi connectivity index (χ3v) is 7.25. The number of hydrogen-bond donors (Lipinski definition) is 2. The van der Waals surface area contributed by atoms with E-state index < -0.39 is 21.7 Å². The summed E-state index contributed by atoms with van der Waals surface area (Å²) < 4.78 is 27.3. The van der Waals surface area contributed by atoms with Crippen molar-refractivity contribution in [3.63, 3.8) is 0 Å². The van der Waals surface area contributed by atoms with E-state index in [-0.39, 0.29) is 6.04 Å². The number of sulfonamides is 1. The Morgan fingerprint density at radius 1 is 1.14 bits per heavy atom. The minimum absolute atomic E-state index is 0.0627. The Hall–Kier alpha value is -1.31. The first-order chi connectivity index (χ1) is 13.3. The van der Waals surface area contributed by atoms with Gasteiger partial charge in [0.1, 0.15) is 5.75 Å². The van der Waals surface area contributed by atoms with Crippen molar-refractivity contribution < 1.29 is 13.2 Å². The lowest BCUT2D eigenvalue weighted by Gasteiger charge is -2.29. The molecule has 0 atom stereocenters. The predicted molar refractivity (Wildman–Crippen MR) is 114 cm³/mol. The molecule has 2 N–H and O–H groups in total. The largest absolute Gasteiger partial charge is 0.370 e. The predicted octanol–water partition coefficient (Wildman–Crippen LogP) is 3.77. The lowest BCUT2D eigenvalue weighted by atomic mass is 9.88. The third-order valence-electron chi connectivity index (χ3n) is 5.61. The van der Waals surface area contributed by atoms with E-state index >= 15 is 0 Å². The molecule has 3 rings (SSSR count). The highest BCUT2D eigenvalue weighted by Gasteiger charge is 2.25. The van der Waals surface area contributed by atoms with Crippen molar-refractivity contribution in [3.8, 4) is 0 Å². The molecule has 0 spiro atoms. The molecule has 1 saturated carbocycles. The fraction of sp³-hybridized carbons (Fsp3) is 0.650. The van der Waals surface area contributed by atoms with Crippen LogP contribution in [-0.4, -0.2) is 39.2 Å². The molecule has 156 valence electrons. The van der Waals surface area contributed by atoms with Gasteiger partial charge in [-0.15, -0.1) is 0 Å². The van der Waals surface area contributed by atoms with Crippen LogP contribution in [0.5, 0.6) is 0 Å². The Bertz CT molecular complexity index is 786. The molecule has 1 heterocycles. The number of hydrogen-bond acceptors (Lipinski definition) is 4. The molecule has 1 aromatic carbocycles. The topological polar surface area (TPSA) is 78.5 Å². The number of rotatable bonds is 6. The first-order valence-electron chi connectivity index (χ1n) is 10.2. The van der Waals surface area contributed by atoms with Gasteiger partial charge in [-0.3, -0.25) is 4.79 Å². The number of carbonyl (C=O) groups is 1. The third kappa shape index (κ3) is 6.09. The second-order valence-corrected chi connectivity index (χ2v) is 10.3. The molecule has 0 unspecified atom stereocenters. The molecule has 28 heavy (non-hydrogen) atoms. The maximum Gasteiger partial charge on any atom is 0.240 e. The van der Waals surface area contributed by atoms with Crippen LogP contribution in [0.25, 0.3) is 0 Å². The maximum atomic E-state index is 12.3. The number of piperidine rings is 1. The number of halogens is 1. The molecule has 1 saturated heterocycles. The van der Waals surface area contributed by atoms with Crippen molar-refractivity contribution in [1.82, 2.24) is 4.72 Å². The van der Waals surface area contributed by atoms with Crippen LogP contribution in [0.2, 0.25) is 5.02 Å². The summed E-state index contributed by atoms with van der Waals surface area (Å²) in [5.74, 6) is -0.495. The maximum absolute atomic E-state index is 12.3. The summed E-state index contributed by atoms with van der Waals surface area (Å²) in [5.41, 5.74) is 1.47. The molecule has 1 aliphatic heterocycles. The first-order valence-corrected chi connectivity index (χ1v) is 12.2. The minimum atomic E-state index is -3.66. The number of amides is 1. The summed E-state index contributed by atoms with van der Waals surface area (Å²) in [5, 5.41) is 3.22. The zero-order chi connectivity index (χ0) is 20.1. The average molecular weight is 428 g/mol. The van der Waals surface area contributed by atoms with Gasteiger partial charge in [0.25, 0.3) is 0 Å². The number of nitrogens with zero attached hydrogens (tertiary/aromatic N) is 1. The summed E-state index contributed by atoms with van der Waals surface area (Å²) in [7, 11) is -3.66. The van der Waals surface area contributed by atoms with E-state index in [1.807, 2.05) is 6.07 Å². The van der Waals surface area contributed by atoms with Crippen LogP contribution in [-0.2, 0) is 14.8 Å². The summed E-state index contributed by atoms with van der Waals surface area (Å²) in [4.78, 5) is 14.5. The number of anilines is 2. The van der Waals surface area contributed by atoms with Crippen LogP contribution in [0.15, 0.2) is 18.2 Å². The molecule has 6 nitrogen and oxygen atoms in total. The monoisotopic (exact) mass is 427 g/mol. The summed E-state index contributed by atoms with van der Waals surface area (Å²) in [6.45, 7) is 4.14. The first kappa shape index (κ1) is 21.4. The van der Waals surface area contributed by atoms with Gasteiger partial charge in [-0.2, -0.15) is 0 Å². The van der Waals surface area contributed by atoms with Crippen LogP contribution in [0.1, 0.15) is 51.9 Å². The summed E-state index contributed by atoms with van der Waals surface area (Å²) in [6, 6.07) is 5.29. The molecule has 0 radical (unpaired) electrons. The minimum Gasteiger partial charge on any atom is -0.370 e. The molecule has 1 aromatic rings. The smallest absolute Gasteiger partial charge is 0.240 e. The van der Waals surface area contributed by atoms with Gasteiger partial charge in [-0.25, -0.2) is 13.1 Å². The average Bonchev–Trinajstić information content (AvgIpc) is 2.63. The van der Waals surface area contributed by atoms with Crippen LogP contribution in [0.4, 0.5) is 11.4 Å². The van der Waals surface area contributed by atoms with E-state index in [0.29, 0.717) is 16.6 Å². The van der Waals surface area contributed by atoms with Gasteiger partial charge in [-0.1, -0.05) is 18.5 Å². The SMILES string of the molecule is CC1CCC(NS(=O)(=O)CC(=O)Nc2ccc(N3CCCCC3)c(Cl)c2)CC1. The van der Waals surface area contributed by atoms with E-state index in [0.717, 1.165) is 57.3 Å². The number of carbonyl (C=O) groups excluding carboxylic acids is 1. The van der Waals surface area contributed by atoms with E-state index in [9.17, 15) is 13.2 Å². The van der Waals surface area contributed by atoms with Gasteiger partial charge >= 0.3 is 0 Å². The van der Waals surface area contributed by atoms with E-state index in [1.54, 1.807) is 12.1 Å². The number of benzene rings is 1. The molecule has 1 aliphatic carbocycles. The highest BCUT2D eigenvalue weighted by atomic mass is 35.5. The zero-order valence-electron chi connectivity index (χ0n) is 16.4. The zero-order valence-corrected chi connectivity index (χ0v) is 18.0. The molecular weight excluding hydrogens is 398 g/mol. The molecule has 2 fully saturated rings. The van der Waals surface area contributed by atoms with Gasteiger partial charge in [-0.05, 0) is 69.1 Å². The van der Waals surface area contributed by atoms with Gasteiger partial charge < -0.3 is 10.2 Å². The van der Waals surface area contributed by atoms with Gasteiger partial charge in [0.05, 0.1) is 10.7 Å². The highest BCUT2D eigenvalue weighted by Crippen LogP contribution is 2.31. The van der Waals surface area contributed by atoms with Gasteiger partial charge in [0.2, 0.25) is 15.9 Å². The summed E-state index contributed by atoms with van der Waals surface area (Å²) >= 11 is 6.40. The van der Waals surface area contributed by atoms with Crippen molar-refractivity contribution in [2.75, 3.05) is 29.1 Å². The highest BCUT2D eigenvalue weighted by molar-refractivity contribution is 7.90.